The summed E-state index contributed by atoms with van der Waals surface area (Å²) in [5.74, 6) is 0.675. The number of carbonyl (C=O) groups excluding carboxylic acids is 1. The van der Waals surface area contributed by atoms with Crippen molar-refractivity contribution in [2.45, 2.75) is 51.4 Å². The molecule has 1 aromatic heterocycles. The Kier molecular flexibility index (Phi) is 5.33. The molecule has 1 saturated carbocycles. The van der Waals surface area contributed by atoms with Gasteiger partial charge in [-0.1, -0.05) is 6.07 Å². The fourth-order valence-corrected chi connectivity index (χ4v) is 3.05. The largest absolute Gasteiger partial charge is 0.474 e. The van der Waals surface area contributed by atoms with Crippen LogP contribution in [0, 0.1) is 0 Å². The molecule has 1 aliphatic heterocycles. The van der Waals surface area contributed by atoms with Crippen molar-refractivity contribution in [3.05, 3.63) is 23.9 Å². The molecule has 1 aliphatic carbocycles. The number of nitrogens with one attached hydrogen (secondary N) is 1. The van der Waals surface area contributed by atoms with Crippen molar-refractivity contribution in [1.29, 1.82) is 0 Å². The van der Waals surface area contributed by atoms with E-state index in [1.807, 2.05) is 19.1 Å². The van der Waals surface area contributed by atoms with Crippen LogP contribution in [0.5, 0.6) is 5.88 Å². The van der Waals surface area contributed by atoms with Crippen LogP contribution in [0.3, 0.4) is 0 Å². The molecule has 2 amide bonds. The maximum absolute atomic E-state index is 12.1. The van der Waals surface area contributed by atoms with E-state index in [2.05, 4.69) is 10.3 Å². The van der Waals surface area contributed by atoms with Gasteiger partial charge in [-0.25, -0.2) is 9.78 Å². The minimum Gasteiger partial charge on any atom is -0.474 e. The first-order chi connectivity index (χ1) is 11.2. The van der Waals surface area contributed by atoms with Crippen LogP contribution in [0.15, 0.2) is 18.3 Å². The molecule has 0 aromatic carbocycles. The lowest BCUT2D eigenvalue weighted by Gasteiger charge is -2.31. The smallest absolute Gasteiger partial charge is 0.317 e. The van der Waals surface area contributed by atoms with Crippen LogP contribution in [-0.4, -0.2) is 47.8 Å². The summed E-state index contributed by atoms with van der Waals surface area (Å²) < 4.78 is 11.3. The molecule has 1 aromatic rings. The van der Waals surface area contributed by atoms with Gasteiger partial charge in [0.15, 0.2) is 0 Å². The number of urea groups is 1. The van der Waals surface area contributed by atoms with E-state index in [1.165, 1.54) is 12.8 Å². The molecule has 6 heteroatoms. The fraction of sp³-hybridized carbons (Fsp3) is 0.647. The predicted molar refractivity (Wildman–Crippen MR) is 86.3 cm³/mol. The maximum atomic E-state index is 12.1. The Hall–Kier alpha value is -1.82. The second-order valence-corrected chi connectivity index (χ2v) is 6.32. The molecule has 0 unspecified atom stereocenters. The topological polar surface area (TPSA) is 63.7 Å². The van der Waals surface area contributed by atoms with E-state index >= 15 is 0 Å². The average Bonchev–Trinajstić information content (AvgIpc) is 3.07. The Labute approximate surface area is 137 Å². The van der Waals surface area contributed by atoms with Crippen molar-refractivity contribution in [1.82, 2.24) is 15.2 Å². The maximum Gasteiger partial charge on any atom is 0.317 e. The van der Waals surface area contributed by atoms with Crippen LogP contribution in [0.25, 0.3) is 0 Å². The molecule has 1 N–H and O–H groups in total. The number of carbonyl (C=O) groups is 1. The highest BCUT2D eigenvalue weighted by molar-refractivity contribution is 5.74. The van der Waals surface area contributed by atoms with Gasteiger partial charge in [0.1, 0.15) is 6.10 Å². The number of ether oxygens (including phenoxy) is 2. The summed E-state index contributed by atoms with van der Waals surface area (Å²) in [4.78, 5) is 18.3. The Morgan fingerprint density at radius 2 is 2.26 bits per heavy atom. The van der Waals surface area contributed by atoms with Gasteiger partial charge < -0.3 is 19.7 Å². The summed E-state index contributed by atoms with van der Waals surface area (Å²) >= 11 is 0. The van der Waals surface area contributed by atoms with E-state index < -0.39 is 0 Å². The number of nitrogens with zero attached hydrogens (tertiary/aromatic N) is 2. The second kappa shape index (κ2) is 7.64. The lowest BCUT2D eigenvalue weighted by molar-refractivity contribution is -0.00351. The van der Waals surface area contributed by atoms with Crippen molar-refractivity contribution in [3.8, 4) is 5.88 Å². The number of amides is 2. The lowest BCUT2D eigenvalue weighted by atomic mass is 10.2. The molecular formula is C17H25N3O3. The van der Waals surface area contributed by atoms with Crippen molar-refractivity contribution in [2.75, 3.05) is 19.7 Å². The Morgan fingerprint density at radius 1 is 1.43 bits per heavy atom. The van der Waals surface area contributed by atoms with Crippen LogP contribution in [-0.2, 0) is 11.3 Å². The minimum atomic E-state index is -0.0496. The average molecular weight is 319 g/mol. The molecule has 1 saturated heterocycles. The number of aromatic nitrogens is 1. The summed E-state index contributed by atoms with van der Waals surface area (Å²) in [5.41, 5.74) is 0.971. The van der Waals surface area contributed by atoms with Gasteiger partial charge in [0.25, 0.3) is 0 Å². The zero-order chi connectivity index (χ0) is 16.1. The highest BCUT2D eigenvalue weighted by atomic mass is 16.5. The van der Waals surface area contributed by atoms with Gasteiger partial charge in [0.05, 0.1) is 12.7 Å². The van der Waals surface area contributed by atoms with Crippen LogP contribution < -0.4 is 10.1 Å². The summed E-state index contributed by atoms with van der Waals surface area (Å²) in [7, 11) is 0. The number of hydrogen-bond acceptors (Lipinski definition) is 4. The summed E-state index contributed by atoms with van der Waals surface area (Å²) in [5, 5.41) is 2.93. The zero-order valence-corrected chi connectivity index (χ0v) is 13.7. The molecule has 2 aliphatic rings. The van der Waals surface area contributed by atoms with Crippen molar-refractivity contribution < 1.29 is 14.3 Å². The highest BCUT2D eigenvalue weighted by Gasteiger charge is 2.21. The first-order valence-corrected chi connectivity index (χ1v) is 8.46. The molecule has 0 spiro atoms. The quantitative estimate of drug-likeness (QED) is 0.925. The number of morpholine rings is 1. The van der Waals surface area contributed by atoms with Crippen molar-refractivity contribution in [3.63, 3.8) is 0 Å². The molecule has 1 atom stereocenters. The lowest BCUT2D eigenvalue weighted by Crippen LogP contribution is -2.48. The van der Waals surface area contributed by atoms with Gasteiger partial charge in [0.2, 0.25) is 5.88 Å². The molecule has 0 radical (unpaired) electrons. The standard InChI is InChI=1S/C17H25N3O3/c1-13-12-20(8-9-22-13)17(21)19-11-14-6-7-16(18-10-14)23-15-4-2-3-5-15/h6-7,10,13,15H,2-5,8-9,11-12H2,1H3,(H,19,21)/t13-/m0/s1. The molecule has 23 heavy (non-hydrogen) atoms. The Bertz CT molecular complexity index is 514. The third-order valence-electron chi connectivity index (χ3n) is 4.36. The summed E-state index contributed by atoms with van der Waals surface area (Å²) in [6.07, 6.45) is 6.92. The third kappa shape index (κ3) is 4.58. The van der Waals surface area contributed by atoms with Gasteiger partial charge in [-0.05, 0) is 38.2 Å². The number of hydrogen-bond donors (Lipinski definition) is 1. The SMILES string of the molecule is C[C@H]1CN(C(=O)NCc2ccc(OC3CCCC3)nc2)CCO1. The van der Waals surface area contributed by atoms with Gasteiger partial charge in [-0.3, -0.25) is 0 Å². The van der Waals surface area contributed by atoms with Crippen LogP contribution in [0.2, 0.25) is 0 Å². The predicted octanol–water partition coefficient (Wildman–Crippen LogP) is 2.33. The second-order valence-electron chi connectivity index (χ2n) is 6.32. The van der Waals surface area contributed by atoms with Gasteiger partial charge in [0, 0.05) is 31.9 Å². The van der Waals surface area contributed by atoms with Gasteiger partial charge >= 0.3 is 6.03 Å². The normalized spacial score (nSPS) is 22.1. The van der Waals surface area contributed by atoms with E-state index in [-0.39, 0.29) is 12.1 Å². The molecule has 0 bridgehead atoms. The van der Waals surface area contributed by atoms with Gasteiger partial charge in [-0.2, -0.15) is 0 Å². The Morgan fingerprint density at radius 3 is 2.96 bits per heavy atom. The number of pyridine rings is 1. The molecule has 2 fully saturated rings. The molecule has 126 valence electrons. The molecular weight excluding hydrogens is 294 g/mol. The first-order valence-electron chi connectivity index (χ1n) is 8.46. The van der Waals surface area contributed by atoms with E-state index in [9.17, 15) is 4.79 Å². The zero-order valence-electron chi connectivity index (χ0n) is 13.7. The van der Waals surface area contributed by atoms with Crippen LogP contribution in [0.1, 0.15) is 38.2 Å². The molecule has 3 rings (SSSR count). The van der Waals surface area contributed by atoms with E-state index in [4.69, 9.17) is 9.47 Å². The van der Waals surface area contributed by atoms with Crippen LogP contribution in [0.4, 0.5) is 4.79 Å². The monoisotopic (exact) mass is 319 g/mol. The fourth-order valence-electron chi connectivity index (χ4n) is 3.05. The summed E-state index contributed by atoms with van der Waals surface area (Å²) in [6.45, 7) is 4.33. The number of rotatable bonds is 4. The highest BCUT2D eigenvalue weighted by Crippen LogP contribution is 2.22. The minimum absolute atomic E-state index is 0.0496. The van der Waals surface area contributed by atoms with E-state index in [0.29, 0.717) is 38.2 Å². The van der Waals surface area contributed by atoms with E-state index in [0.717, 1.165) is 18.4 Å². The van der Waals surface area contributed by atoms with Gasteiger partial charge in [-0.15, -0.1) is 0 Å². The molecule has 2 heterocycles. The molecule has 6 nitrogen and oxygen atoms in total. The summed E-state index contributed by atoms with van der Waals surface area (Å²) in [6, 6.07) is 3.79. The van der Waals surface area contributed by atoms with Crippen molar-refractivity contribution in [2.24, 2.45) is 0 Å². The third-order valence-corrected chi connectivity index (χ3v) is 4.36. The Balaban J connectivity index is 1.45. The van der Waals surface area contributed by atoms with Crippen molar-refractivity contribution >= 4 is 6.03 Å². The van der Waals surface area contributed by atoms with E-state index in [1.54, 1.807) is 11.1 Å². The van der Waals surface area contributed by atoms with Crippen LogP contribution >= 0.6 is 0 Å². The first kappa shape index (κ1) is 16.1.